The number of hydrogen-bond acceptors (Lipinski definition) is 5. The van der Waals surface area contributed by atoms with Crippen LogP contribution in [0.5, 0.6) is 0 Å². The van der Waals surface area contributed by atoms with Crippen LogP contribution in [0.1, 0.15) is 32.4 Å². The van der Waals surface area contributed by atoms with E-state index in [-0.39, 0.29) is 19.7 Å². The Morgan fingerprint density at radius 2 is 2.14 bits per heavy atom. The number of hydrogen-bond donors (Lipinski definition) is 0. The standard InChI is InChI=1S/C18H24Cl2N4O4/c1-17(2,3)28-16(25)24-7-8-27-15(12-5-6-13(19)14(20)9-12)18(11-24,26-4)10-22-23-21/h5-6,9,15H,7-8,10-11H2,1-4H3. The van der Waals surface area contributed by atoms with Crippen LogP contribution in [0, 0.1) is 0 Å². The normalized spacial score (nSPS) is 22.9. The lowest BCUT2D eigenvalue weighted by Gasteiger charge is -2.39. The highest BCUT2D eigenvalue weighted by atomic mass is 35.5. The molecule has 28 heavy (non-hydrogen) atoms. The Balaban J connectivity index is 2.43. The second-order valence-corrected chi connectivity index (χ2v) is 8.30. The molecule has 1 aromatic carbocycles. The van der Waals surface area contributed by atoms with Gasteiger partial charge in [0.25, 0.3) is 0 Å². The number of ether oxygens (including phenoxy) is 3. The molecule has 0 N–H and O–H groups in total. The number of azide groups is 1. The third-order valence-corrected chi connectivity index (χ3v) is 5.03. The number of halogens is 2. The van der Waals surface area contributed by atoms with Crippen molar-refractivity contribution in [1.82, 2.24) is 4.90 Å². The maximum atomic E-state index is 12.6. The van der Waals surface area contributed by atoms with Crippen molar-refractivity contribution in [2.75, 3.05) is 33.4 Å². The molecular weight excluding hydrogens is 407 g/mol. The zero-order valence-corrected chi connectivity index (χ0v) is 17.8. The number of carbonyl (C=O) groups excluding carboxylic acids is 1. The zero-order valence-electron chi connectivity index (χ0n) is 16.3. The number of benzene rings is 1. The van der Waals surface area contributed by atoms with Crippen LogP contribution in [0.3, 0.4) is 0 Å². The zero-order chi connectivity index (χ0) is 20.9. The van der Waals surface area contributed by atoms with Crippen LogP contribution in [0.4, 0.5) is 4.79 Å². The van der Waals surface area contributed by atoms with Crippen LogP contribution in [-0.2, 0) is 14.2 Å². The molecule has 0 spiro atoms. The second-order valence-electron chi connectivity index (χ2n) is 7.48. The van der Waals surface area contributed by atoms with Gasteiger partial charge in [-0.05, 0) is 44.0 Å². The van der Waals surface area contributed by atoms with Crippen molar-refractivity contribution in [3.05, 3.63) is 44.3 Å². The topological polar surface area (TPSA) is 96.8 Å². The molecule has 1 aliphatic rings. The Labute approximate surface area is 174 Å². The molecule has 1 heterocycles. The minimum absolute atomic E-state index is 0.0514. The molecule has 1 amide bonds. The monoisotopic (exact) mass is 430 g/mol. The van der Waals surface area contributed by atoms with Crippen LogP contribution < -0.4 is 0 Å². The van der Waals surface area contributed by atoms with E-state index in [0.29, 0.717) is 22.2 Å². The summed E-state index contributed by atoms with van der Waals surface area (Å²) >= 11 is 12.2. The molecule has 154 valence electrons. The summed E-state index contributed by atoms with van der Waals surface area (Å²) in [4.78, 5) is 17.0. The Hall–Kier alpha value is -1.70. The van der Waals surface area contributed by atoms with E-state index < -0.39 is 23.4 Å². The maximum absolute atomic E-state index is 12.6. The van der Waals surface area contributed by atoms with Gasteiger partial charge in [0.1, 0.15) is 17.3 Å². The maximum Gasteiger partial charge on any atom is 0.410 e. The van der Waals surface area contributed by atoms with E-state index >= 15 is 0 Å². The van der Waals surface area contributed by atoms with E-state index in [2.05, 4.69) is 10.0 Å². The molecule has 2 unspecified atom stereocenters. The fraction of sp³-hybridized carbons (Fsp3) is 0.611. The average Bonchev–Trinajstić information content (AvgIpc) is 2.81. The number of nitrogens with zero attached hydrogens (tertiary/aromatic N) is 4. The lowest BCUT2D eigenvalue weighted by Crippen LogP contribution is -2.52. The Morgan fingerprint density at radius 1 is 1.43 bits per heavy atom. The summed E-state index contributed by atoms with van der Waals surface area (Å²) in [5.41, 5.74) is 7.79. The SMILES string of the molecule is COC1(CN=[N+]=[N-])CN(C(=O)OC(C)(C)C)CCOC1c1ccc(Cl)c(Cl)c1. The summed E-state index contributed by atoms with van der Waals surface area (Å²) in [6, 6.07) is 5.11. The predicted molar refractivity (Wildman–Crippen MR) is 107 cm³/mol. The molecule has 1 saturated heterocycles. The van der Waals surface area contributed by atoms with Gasteiger partial charge in [-0.15, -0.1) is 0 Å². The molecule has 1 fully saturated rings. The van der Waals surface area contributed by atoms with Gasteiger partial charge in [-0.3, -0.25) is 0 Å². The highest BCUT2D eigenvalue weighted by Gasteiger charge is 2.45. The highest BCUT2D eigenvalue weighted by Crippen LogP contribution is 2.38. The summed E-state index contributed by atoms with van der Waals surface area (Å²) < 4.78 is 17.3. The van der Waals surface area contributed by atoms with Gasteiger partial charge in [0.05, 0.1) is 29.7 Å². The summed E-state index contributed by atoms with van der Waals surface area (Å²) in [5, 5.41) is 4.48. The third kappa shape index (κ3) is 5.43. The molecule has 2 rings (SSSR count). The molecule has 0 radical (unpaired) electrons. The molecular formula is C18H24Cl2N4O4. The van der Waals surface area contributed by atoms with Gasteiger partial charge in [0, 0.05) is 18.6 Å². The number of carbonyl (C=O) groups is 1. The Bertz CT molecular complexity index is 764. The van der Waals surface area contributed by atoms with Crippen molar-refractivity contribution in [2.24, 2.45) is 5.11 Å². The quantitative estimate of drug-likeness (QED) is 0.381. The van der Waals surface area contributed by atoms with Crippen molar-refractivity contribution in [1.29, 1.82) is 0 Å². The minimum Gasteiger partial charge on any atom is -0.444 e. The van der Waals surface area contributed by atoms with Gasteiger partial charge >= 0.3 is 6.09 Å². The Morgan fingerprint density at radius 3 is 2.71 bits per heavy atom. The molecule has 0 bridgehead atoms. The highest BCUT2D eigenvalue weighted by molar-refractivity contribution is 6.42. The van der Waals surface area contributed by atoms with Crippen LogP contribution in [0.15, 0.2) is 23.3 Å². The van der Waals surface area contributed by atoms with Gasteiger partial charge < -0.3 is 19.1 Å². The van der Waals surface area contributed by atoms with Crippen LogP contribution in [0.2, 0.25) is 10.0 Å². The lowest BCUT2D eigenvalue weighted by molar-refractivity contribution is -0.117. The first-order valence-electron chi connectivity index (χ1n) is 8.72. The van der Waals surface area contributed by atoms with Gasteiger partial charge in [-0.25, -0.2) is 4.79 Å². The molecule has 8 nitrogen and oxygen atoms in total. The molecule has 0 aromatic heterocycles. The second kappa shape index (κ2) is 9.20. The fourth-order valence-electron chi connectivity index (χ4n) is 3.00. The summed E-state index contributed by atoms with van der Waals surface area (Å²) in [7, 11) is 1.49. The Kier molecular flexibility index (Phi) is 7.42. The van der Waals surface area contributed by atoms with Crippen molar-refractivity contribution in [3.8, 4) is 0 Å². The van der Waals surface area contributed by atoms with E-state index in [1.54, 1.807) is 39.0 Å². The minimum atomic E-state index is -1.13. The summed E-state index contributed by atoms with van der Waals surface area (Å²) in [6.07, 6.45) is -1.13. The number of amides is 1. The molecule has 1 aromatic rings. The first kappa shape index (κ1) is 22.6. The summed E-state index contributed by atoms with van der Waals surface area (Å²) in [6.45, 7) is 5.98. The molecule has 2 atom stereocenters. The van der Waals surface area contributed by atoms with Gasteiger partial charge in [-0.2, -0.15) is 0 Å². The van der Waals surface area contributed by atoms with Crippen LogP contribution >= 0.6 is 23.2 Å². The number of rotatable bonds is 4. The van der Waals surface area contributed by atoms with Gasteiger partial charge in [0.2, 0.25) is 0 Å². The number of methoxy groups -OCH3 is 1. The van der Waals surface area contributed by atoms with Gasteiger partial charge in [0.15, 0.2) is 0 Å². The van der Waals surface area contributed by atoms with Crippen LogP contribution in [0.25, 0.3) is 10.4 Å². The predicted octanol–water partition coefficient (Wildman–Crippen LogP) is 5.00. The smallest absolute Gasteiger partial charge is 0.410 e. The molecule has 0 saturated carbocycles. The van der Waals surface area contributed by atoms with Crippen molar-refractivity contribution in [2.45, 2.75) is 38.1 Å². The van der Waals surface area contributed by atoms with Crippen LogP contribution in [-0.4, -0.2) is 55.5 Å². The molecule has 0 aliphatic carbocycles. The van der Waals surface area contributed by atoms with E-state index in [9.17, 15) is 4.79 Å². The first-order chi connectivity index (χ1) is 13.1. The van der Waals surface area contributed by atoms with Crippen molar-refractivity contribution < 1.29 is 19.0 Å². The fourth-order valence-corrected chi connectivity index (χ4v) is 3.30. The molecule has 10 heteroatoms. The lowest BCUT2D eigenvalue weighted by atomic mass is 9.90. The van der Waals surface area contributed by atoms with E-state index in [0.717, 1.165) is 0 Å². The van der Waals surface area contributed by atoms with E-state index in [1.165, 1.54) is 12.0 Å². The van der Waals surface area contributed by atoms with Gasteiger partial charge in [-0.1, -0.05) is 34.4 Å². The largest absolute Gasteiger partial charge is 0.444 e. The van der Waals surface area contributed by atoms with E-state index in [4.69, 9.17) is 42.9 Å². The third-order valence-electron chi connectivity index (χ3n) is 4.29. The van der Waals surface area contributed by atoms with E-state index in [1.807, 2.05) is 0 Å². The summed E-state index contributed by atoms with van der Waals surface area (Å²) in [5.74, 6) is 0. The van der Waals surface area contributed by atoms with Crippen molar-refractivity contribution in [3.63, 3.8) is 0 Å². The molecule has 1 aliphatic heterocycles. The first-order valence-corrected chi connectivity index (χ1v) is 9.48. The van der Waals surface area contributed by atoms with Crippen molar-refractivity contribution >= 4 is 29.3 Å². The average molecular weight is 431 g/mol.